The molecule has 0 aliphatic carbocycles. The third-order valence-electron chi connectivity index (χ3n) is 2.78. The Labute approximate surface area is 117 Å². The second kappa shape index (κ2) is 6.95. The van der Waals surface area contributed by atoms with Gasteiger partial charge in [-0.25, -0.2) is 0 Å². The molecule has 98 valence electrons. The summed E-state index contributed by atoms with van der Waals surface area (Å²) in [5.41, 5.74) is 6.65. The predicted molar refractivity (Wildman–Crippen MR) is 77.8 cm³/mol. The zero-order valence-electron chi connectivity index (χ0n) is 10.5. The lowest BCUT2D eigenvalue weighted by Crippen LogP contribution is -2.26. The quantitative estimate of drug-likeness (QED) is 0.822. The molecule has 1 atom stereocenters. The van der Waals surface area contributed by atoms with Crippen molar-refractivity contribution in [3.8, 4) is 0 Å². The number of hydrogen-bond donors (Lipinski definition) is 1. The van der Waals surface area contributed by atoms with Gasteiger partial charge in [0.05, 0.1) is 5.25 Å². The lowest BCUT2D eigenvalue weighted by molar-refractivity contribution is -0.117. The van der Waals surface area contributed by atoms with Gasteiger partial charge in [0, 0.05) is 17.3 Å². The van der Waals surface area contributed by atoms with Gasteiger partial charge < -0.3 is 5.73 Å². The van der Waals surface area contributed by atoms with Crippen LogP contribution in [-0.2, 0) is 11.2 Å². The van der Waals surface area contributed by atoms with Gasteiger partial charge in [0.25, 0.3) is 0 Å². The van der Waals surface area contributed by atoms with Crippen molar-refractivity contribution < 1.29 is 4.79 Å². The third kappa shape index (κ3) is 4.41. The molecule has 0 saturated carbocycles. The van der Waals surface area contributed by atoms with E-state index in [0.717, 1.165) is 17.7 Å². The van der Waals surface area contributed by atoms with Crippen molar-refractivity contribution in [2.45, 2.75) is 23.0 Å². The van der Waals surface area contributed by atoms with E-state index in [1.807, 2.05) is 42.5 Å². The number of hydrogen-bond acceptors (Lipinski definition) is 3. The summed E-state index contributed by atoms with van der Waals surface area (Å²) in [5.74, 6) is -0.261. The lowest BCUT2D eigenvalue weighted by Gasteiger charge is -2.12. The Morgan fingerprint density at radius 2 is 1.84 bits per heavy atom. The van der Waals surface area contributed by atoms with Crippen molar-refractivity contribution in [2.75, 3.05) is 0 Å². The molecule has 0 saturated heterocycles. The first-order chi connectivity index (χ1) is 9.25. The van der Waals surface area contributed by atoms with Crippen molar-refractivity contribution >= 4 is 17.7 Å². The average molecular weight is 272 g/mol. The molecule has 2 aromatic rings. The fourth-order valence-corrected chi connectivity index (χ4v) is 2.76. The molecule has 4 heteroatoms. The van der Waals surface area contributed by atoms with Crippen LogP contribution in [0.2, 0.25) is 0 Å². The molecule has 0 radical (unpaired) electrons. The van der Waals surface area contributed by atoms with Gasteiger partial charge in [0.2, 0.25) is 5.91 Å². The molecular formula is C15H16N2OS. The van der Waals surface area contributed by atoms with E-state index in [-0.39, 0.29) is 11.2 Å². The molecule has 0 fully saturated rings. The van der Waals surface area contributed by atoms with Crippen molar-refractivity contribution in [3.05, 3.63) is 60.4 Å². The molecule has 1 heterocycles. The minimum atomic E-state index is -0.261. The van der Waals surface area contributed by atoms with Crippen LogP contribution >= 0.6 is 11.8 Å². The van der Waals surface area contributed by atoms with Gasteiger partial charge in [-0.1, -0.05) is 18.2 Å². The molecule has 2 rings (SSSR count). The van der Waals surface area contributed by atoms with Crippen LogP contribution < -0.4 is 5.73 Å². The fraction of sp³-hybridized carbons (Fsp3) is 0.200. The van der Waals surface area contributed by atoms with Crippen molar-refractivity contribution in [1.82, 2.24) is 4.98 Å². The topological polar surface area (TPSA) is 56.0 Å². The predicted octanol–water partition coefficient (Wildman–Crippen LogP) is 2.66. The van der Waals surface area contributed by atoms with Crippen LogP contribution in [0.1, 0.15) is 12.0 Å². The number of thioether (sulfide) groups is 1. The Morgan fingerprint density at radius 3 is 2.47 bits per heavy atom. The van der Waals surface area contributed by atoms with E-state index in [4.69, 9.17) is 5.73 Å². The molecule has 0 bridgehead atoms. The Kier molecular flexibility index (Phi) is 4.98. The molecule has 1 aromatic heterocycles. The summed E-state index contributed by atoms with van der Waals surface area (Å²) >= 11 is 1.53. The average Bonchev–Trinajstić information content (AvgIpc) is 2.45. The van der Waals surface area contributed by atoms with Crippen LogP contribution in [0.5, 0.6) is 0 Å². The second-order valence-corrected chi connectivity index (χ2v) is 5.49. The molecule has 0 spiro atoms. The number of pyridine rings is 1. The first-order valence-electron chi connectivity index (χ1n) is 6.15. The van der Waals surface area contributed by atoms with Gasteiger partial charge in [-0.2, -0.15) is 0 Å². The number of nitrogens with zero attached hydrogens (tertiary/aromatic N) is 1. The fourth-order valence-electron chi connectivity index (χ4n) is 1.77. The normalized spacial score (nSPS) is 12.0. The highest BCUT2D eigenvalue weighted by atomic mass is 32.2. The van der Waals surface area contributed by atoms with Gasteiger partial charge in [-0.15, -0.1) is 11.8 Å². The smallest absolute Gasteiger partial charge is 0.230 e. The maximum Gasteiger partial charge on any atom is 0.230 e. The van der Waals surface area contributed by atoms with Crippen molar-refractivity contribution in [2.24, 2.45) is 5.73 Å². The number of benzene rings is 1. The minimum Gasteiger partial charge on any atom is -0.369 e. The number of carbonyl (C=O) groups is 1. The number of carbonyl (C=O) groups excluding carboxylic acids is 1. The largest absolute Gasteiger partial charge is 0.369 e. The Bertz CT molecular complexity index is 516. The Morgan fingerprint density at radius 1 is 1.16 bits per heavy atom. The summed E-state index contributed by atoms with van der Waals surface area (Å²) in [6.07, 6.45) is 5.09. The Balaban J connectivity index is 1.95. The van der Waals surface area contributed by atoms with Crippen LogP contribution in [0.4, 0.5) is 0 Å². The first kappa shape index (κ1) is 13.6. The minimum absolute atomic E-state index is 0.199. The molecule has 0 aliphatic heterocycles. The molecule has 1 aromatic carbocycles. The van der Waals surface area contributed by atoms with Gasteiger partial charge >= 0.3 is 0 Å². The molecule has 1 amide bonds. The summed E-state index contributed by atoms with van der Waals surface area (Å²) in [6.45, 7) is 0. The lowest BCUT2D eigenvalue weighted by atomic mass is 10.1. The van der Waals surface area contributed by atoms with Crippen LogP contribution in [0.25, 0.3) is 0 Å². The van der Waals surface area contributed by atoms with E-state index < -0.39 is 0 Å². The summed E-state index contributed by atoms with van der Waals surface area (Å²) in [4.78, 5) is 16.6. The number of aromatic nitrogens is 1. The van der Waals surface area contributed by atoms with Crippen LogP contribution in [0.3, 0.4) is 0 Å². The van der Waals surface area contributed by atoms with Crippen LogP contribution in [0, 0.1) is 0 Å². The standard InChI is InChI=1S/C15H16N2OS/c16-15(18)14(19-13-4-2-1-3-5-13)7-6-12-8-10-17-11-9-12/h1-5,8-11,14H,6-7H2,(H2,16,18). The van der Waals surface area contributed by atoms with Crippen molar-refractivity contribution in [1.29, 1.82) is 0 Å². The summed E-state index contributed by atoms with van der Waals surface area (Å²) in [6, 6.07) is 13.8. The number of rotatable bonds is 6. The van der Waals surface area contributed by atoms with Crippen LogP contribution in [-0.4, -0.2) is 16.1 Å². The maximum atomic E-state index is 11.5. The summed E-state index contributed by atoms with van der Waals surface area (Å²) < 4.78 is 0. The molecular weight excluding hydrogens is 256 g/mol. The van der Waals surface area contributed by atoms with E-state index in [9.17, 15) is 4.79 Å². The van der Waals surface area contributed by atoms with Crippen LogP contribution in [0.15, 0.2) is 59.8 Å². The molecule has 19 heavy (non-hydrogen) atoms. The van der Waals surface area contributed by atoms with E-state index in [0.29, 0.717) is 0 Å². The zero-order valence-corrected chi connectivity index (χ0v) is 11.3. The SMILES string of the molecule is NC(=O)C(CCc1ccncc1)Sc1ccccc1. The number of aryl methyl sites for hydroxylation is 1. The summed E-state index contributed by atoms with van der Waals surface area (Å²) in [5, 5.41) is -0.199. The van der Waals surface area contributed by atoms with E-state index >= 15 is 0 Å². The van der Waals surface area contributed by atoms with Gasteiger partial charge in [-0.05, 0) is 42.7 Å². The molecule has 1 unspecified atom stereocenters. The first-order valence-corrected chi connectivity index (χ1v) is 7.03. The van der Waals surface area contributed by atoms with Gasteiger partial charge in [0.15, 0.2) is 0 Å². The zero-order chi connectivity index (χ0) is 13.5. The monoisotopic (exact) mass is 272 g/mol. The van der Waals surface area contributed by atoms with E-state index in [1.165, 1.54) is 17.3 Å². The molecule has 0 aliphatic rings. The van der Waals surface area contributed by atoms with Gasteiger partial charge in [0.1, 0.15) is 0 Å². The number of nitrogens with two attached hydrogens (primary N) is 1. The number of amides is 1. The number of primary amides is 1. The third-order valence-corrected chi connectivity index (χ3v) is 4.08. The van der Waals surface area contributed by atoms with Crippen molar-refractivity contribution in [3.63, 3.8) is 0 Å². The molecule has 2 N–H and O–H groups in total. The highest BCUT2D eigenvalue weighted by molar-refractivity contribution is 8.00. The highest BCUT2D eigenvalue weighted by Gasteiger charge is 2.16. The van der Waals surface area contributed by atoms with Gasteiger partial charge in [-0.3, -0.25) is 9.78 Å². The highest BCUT2D eigenvalue weighted by Crippen LogP contribution is 2.25. The Hall–Kier alpha value is -1.81. The maximum absolute atomic E-state index is 11.5. The van der Waals surface area contributed by atoms with E-state index in [1.54, 1.807) is 12.4 Å². The second-order valence-electron chi connectivity index (χ2n) is 4.22. The van der Waals surface area contributed by atoms with E-state index in [2.05, 4.69) is 4.98 Å². The molecule has 3 nitrogen and oxygen atoms in total. The summed E-state index contributed by atoms with van der Waals surface area (Å²) in [7, 11) is 0.